The molecular weight excluding hydrogens is 224 g/mol. The first-order chi connectivity index (χ1) is 6.54. The fraction of sp³-hybridized carbons (Fsp3) is 0.714. The minimum atomic E-state index is -0.639. The van der Waals surface area contributed by atoms with Gasteiger partial charge in [-0.15, -0.1) is 0 Å². The highest BCUT2D eigenvalue weighted by Gasteiger charge is 1.90. The number of nitrogens with two attached hydrogens (primary N) is 1. The van der Waals surface area contributed by atoms with E-state index in [2.05, 4.69) is 23.7 Å². The maximum absolute atomic E-state index is 9.09. The third-order valence-electron chi connectivity index (χ3n) is 0.980. The van der Waals surface area contributed by atoms with Crippen LogP contribution < -0.4 is 11.1 Å². The van der Waals surface area contributed by atoms with Gasteiger partial charge in [-0.1, -0.05) is 12.6 Å². The lowest BCUT2D eigenvalue weighted by Gasteiger charge is -2.04. The van der Waals surface area contributed by atoms with Crippen molar-refractivity contribution in [3.8, 4) is 0 Å². The molecular formula is C7H16N2O3S2. The highest BCUT2D eigenvalue weighted by Crippen LogP contribution is 1.78. The molecule has 0 aromatic rings. The van der Waals surface area contributed by atoms with Gasteiger partial charge in [0.2, 0.25) is 0 Å². The Bertz CT molecular complexity index is 163. The number of carbonyl (C=O) groups is 1. The molecule has 14 heavy (non-hydrogen) atoms. The maximum atomic E-state index is 9.09. The molecule has 0 radical (unpaired) electrons. The molecule has 0 saturated heterocycles. The van der Waals surface area contributed by atoms with Gasteiger partial charge in [0.1, 0.15) is 0 Å². The second-order valence-electron chi connectivity index (χ2n) is 2.10. The lowest BCUT2D eigenvalue weighted by molar-refractivity contribution is 0.195. The van der Waals surface area contributed by atoms with E-state index in [0.717, 1.165) is 19.6 Å². The number of primary amides is 1. The summed E-state index contributed by atoms with van der Waals surface area (Å²) in [6, 6.07) is 0. The van der Waals surface area contributed by atoms with Gasteiger partial charge in [0.15, 0.2) is 0 Å². The van der Waals surface area contributed by atoms with Crippen molar-refractivity contribution in [3.63, 3.8) is 0 Å². The first kappa shape index (κ1) is 15.9. The number of hydrogen-bond acceptors (Lipinski definition) is 4. The van der Waals surface area contributed by atoms with E-state index < -0.39 is 5.24 Å². The van der Waals surface area contributed by atoms with Crippen LogP contribution in [0.3, 0.4) is 0 Å². The standard InChI is InChI=1S/C6H13NO2S.CH3NOS/c1-8-5-3-4-7-6(10)9-2;2-1(3)4/h3-5H2,1-2H3,(H,7,10);(H3,2,3,4). The van der Waals surface area contributed by atoms with E-state index in [9.17, 15) is 0 Å². The summed E-state index contributed by atoms with van der Waals surface area (Å²) in [5.41, 5.74) is 4.34. The summed E-state index contributed by atoms with van der Waals surface area (Å²) in [4.78, 5) is 9.09. The number of methoxy groups -OCH3 is 2. The van der Waals surface area contributed by atoms with Crippen molar-refractivity contribution in [1.29, 1.82) is 0 Å². The van der Waals surface area contributed by atoms with Crippen LogP contribution in [0.4, 0.5) is 4.79 Å². The number of carbonyl (C=O) groups excluding carboxylic acids is 1. The van der Waals surface area contributed by atoms with Crippen LogP contribution in [0.5, 0.6) is 0 Å². The minimum Gasteiger partial charge on any atom is -0.474 e. The fourth-order valence-corrected chi connectivity index (χ4v) is 0.581. The average molecular weight is 240 g/mol. The van der Waals surface area contributed by atoms with Gasteiger partial charge in [0.05, 0.1) is 7.11 Å². The summed E-state index contributed by atoms with van der Waals surface area (Å²) in [6.45, 7) is 1.56. The number of rotatable bonds is 4. The van der Waals surface area contributed by atoms with Crippen LogP contribution in [-0.2, 0) is 9.47 Å². The van der Waals surface area contributed by atoms with Crippen LogP contribution in [-0.4, -0.2) is 37.8 Å². The van der Waals surface area contributed by atoms with E-state index in [-0.39, 0.29) is 0 Å². The predicted octanol–water partition coefficient (Wildman–Crippen LogP) is 0.539. The molecule has 0 saturated carbocycles. The summed E-state index contributed by atoms with van der Waals surface area (Å²) in [5, 5.41) is 2.70. The van der Waals surface area contributed by atoms with E-state index in [1.165, 1.54) is 0 Å². The number of thiol groups is 1. The summed E-state index contributed by atoms with van der Waals surface area (Å²) >= 11 is 7.84. The SMILES string of the molecule is COCCCNC(=S)OC.NC(=O)S. The molecule has 1 amide bonds. The van der Waals surface area contributed by atoms with Crippen molar-refractivity contribution >= 4 is 35.3 Å². The molecule has 0 unspecified atom stereocenters. The number of thiocarbonyl (C=S) groups is 1. The Morgan fingerprint density at radius 2 is 2.07 bits per heavy atom. The number of nitrogens with one attached hydrogen (secondary N) is 1. The molecule has 0 bridgehead atoms. The largest absolute Gasteiger partial charge is 0.474 e. The molecule has 84 valence electrons. The zero-order valence-electron chi connectivity index (χ0n) is 8.28. The van der Waals surface area contributed by atoms with E-state index in [4.69, 9.17) is 26.5 Å². The zero-order valence-corrected chi connectivity index (χ0v) is 9.99. The highest BCUT2D eigenvalue weighted by atomic mass is 32.1. The Labute approximate surface area is 94.7 Å². The van der Waals surface area contributed by atoms with Gasteiger partial charge in [-0.2, -0.15) is 0 Å². The Kier molecular flexibility index (Phi) is 14.2. The molecule has 0 heterocycles. The van der Waals surface area contributed by atoms with Gasteiger partial charge in [-0.3, -0.25) is 4.79 Å². The van der Waals surface area contributed by atoms with Gasteiger partial charge < -0.3 is 20.5 Å². The monoisotopic (exact) mass is 240 g/mol. The number of amides is 1. The molecule has 0 aliphatic rings. The van der Waals surface area contributed by atoms with E-state index in [1.807, 2.05) is 0 Å². The van der Waals surface area contributed by atoms with Crippen LogP contribution in [0.15, 0.2) is 0 Å². The summed E-state index contributed by atoms with van der Waals surface area (Å²) in [5.74, 6) is 0. The molecule has 0 aromatic carbocycles. The third-order valence-corrected chi connectivity index (χ3v) is 1.29. The van der Waals surface area contributed by atoms with Crippen molar-refractivity contribution in [2.45, 2.75) is 6.42 Å². The maximum Gasteiger partial charge on any atom is 0.273 e. The lowest BCUT2D eigenvalue weighted by Crippen LogP contribution is -2.24. The predicted molar refractivity (Wildman–Crippen MR) is 62.7 cm³/mol. The fourth-order valence-electron chi connectivity index (χ4n) is 0.479. The van der Waals surface area contributed by atoms with Crippen molar-refractivity contribution in [1.82, 2.24) is 5.32 Å². The second kappa shape index (κ2) is 12.5. The molecule has 0 aliphatic carbocycles. The van der Waals surface area contributed by atoms with Crippen molar-refractivity contribution in [3.05, 3.63) is 0 Å². The molecule has 0 spiro atoms. The van der Waals surface area contributed by atoms with Gasteiger partial charge in [0.25, 0.3) is 10.4 Å². The van der Waals surface area contributed by atoms with Crippen LogP contribution in [0.25, 0.3) is 0 Å². The topological polar surface area (TPSA) is 73.6 Å². The van der Waals surface area contributed by atoms with E-state index in [0.29, 0.717) is 5.17 Å². The van der Waals surface area contributed by atoms with Crippen LogP contribution in [0.2, 0.25) is 0 Å². The summed E-state index contributed by atoms with van der Waals surface area (Å²) in [6.07, 6.45) is 0.944. The first-order valence-electron chi connectivity index (χ1n) is 3.83. The Morgan fingerprint density at radius 1 is 1.57 bits per heavy atom. The normalized spacial score (nSPS) is 8.21. The van der Waals surface area contributed by atoms with Crippen LogP contribution in [0.1, 0.15) is 6.42 Å². The van der Waals surface area contributed by atoms with E-state index >= 15 is 0 Å². The Balaban J connectivity index is 0. The molecule has 0 aliphatic heterocycles. The number of hydrogen-bond donors (Lipinski definition) is 3. The molecule has 0 rings (SSSR count). The van der Waals surface area contributed by atoms with Crippen molar-refractivity contribution in [2.24, 2.45) is 5.73 Å². The molecule has 0 aromatic heterocycles. The minimum absolute atomic E-state index is 0.441. The molecule has 5 nitrogen and oxygen atoms in total. The number of ether oxygens (including phenoxy) is 2. The summed E-state index contributed by atoms with van der Waals surface area (Å²) in [7, 11) is 3.22. The second-order valence-corrected chi connectivity index (χ2v) is 2.91. The lowest BCUT2D eigenvalue weighted by atomic mass is 10.4. The molecule has 0 fully saturated rings. The Hall–Kier alpha value is -0.530. The zero-order chi connectivity index (χ0) is 11.4. The van der Waals surface area contributed by atoms with Crippen LogP contribution in [0, 0.1) is 0 Å². The van der Waals surface area contributed by atoms with Gasteiger partial charge in [0, 0.05) is 20.3 Å². The van der Waals surface area contributed by atoms with Gasteiger partial charge >= 0.3 is 0 Å². The Morgan fingerprint density at radius 3 is 2.43 bits per heavy atom. The molecule has 0 atom stereocenters. The van der Waals surface area contributed by atoms with Gasteiger partial charge in [-0.05, 0) is 18.6 Å². The van der Waals surface area contributed by atoms with Crippen molar-refractivity contribution in [2.75, 3.05) is 27.4 Å². The first-order valence-corrected chi connectivity index (χ1v) is 4.69. The van der Waals surface area contributed by atoms with Gasteiger partial charge in [-0.25, -0.2) is 0 Å². The smallest absolute Gasteiger partial charge is 0.273 e. The van der Waals surface area contributed by atoms with Crippen LogP contribution >= 0.6 is 24.8 Å². The highest BCUT2D eigenvalue weighted by molar-refractivity contribution is 7.96. The third kappa shape index (κ3) is 22.5. The van der Waals surface area contributed by atoms with Crippen molar-refractivity contribution < 1.29 is 14.3 Å². The molecule has 7 heteroatoms. The van der Waals surface area contributed by atoms with E-state index in [1.54, 1.807) is 14.2 Å². The average Bonchev–Trinajstić information content (AvgIpc) is 2.11. The molecule has 3 N–H and O–H groups in total. The summed E-state index contributed by atoms with van der Waals surface area (Å²) < 4.78 is 9.54. The quantitative estimate of drug-likeness (QED) is 0.380.